The lowest BCUT2D eigenvalue weighted by molar-refractivity contribution is -0.322. The molecule has 0 aliphatic carbocycles. The van der Waals surface area contributed by atoms with Crippen LogP contribution in [0.3, 0.4) is 0 Å². The molecule has 0 radical (unpaired) electrons. The lowest BCUT2D eigenvalue weighted by atomic mass is 9.85. The van der Waals surface area contributed by atoms with E-state index in [0.717, 1.165) is 12.8 Å². The first kappa shape index (κ1) is 25.3. The maximum absolute atomic E-state index is 14.4. The molecule has 34 heavy (non-hydrogen) atoms. The number of amides is 1. The largest absolute Gasteiger partial charge is 0.423 e. The Hall–Kier alpha value is -1.84. The molecule has 3 unspecified atom stereocenters. The predicted molar refractivity (Wildman–Crippen MR) is 123 cm³/mol. The molecule has 2 aromatic carbocycles. The number of nitrogens with one attached hydrogen (secondary N) is 1. The van der Waals surface area contributed by atoms with Crippen molar-refractivity contribution < 1.29 is 27.5 Å². The molecule has 3 atom stereocenters. The van der Waals surface area contributed by atoms with Crippen LogP contribution in [0.25, 0.3) is 0 Å². The lowest BCUT2D eigenvalue weighted by Crippen LogP contribution is -2.42. The minimum atomic E-state index is -4.72. The van der Waals surface area contributed by atoms with E-state index in [1.807, 2.05) is 0 Å². The summed E-state index contributed by atoms with van der Waals surface area (Å²) in [4.78, 5) is 18.1. The number of hydrogen-bond acceptors (Lipinski definition) is 4. The zero-order valence-corrected chi connectivity index (χ0v) is 20.2. The number of carbonyl (C=O) groups excluding carboxylic acids is 1. The average molecular weight is 517 g/mol. The standard InChI is InChI=1S/C24H25Cl2F3N2O3/c1-14-8-15(5-6-20(14)22(32)30-13-19-4-3-7-33-19)21-12-23(24(27,28)29,34-31(21)2)16-9-17(25)11-18(26)10-16/h5-6,8-11,19,21H,3-4,7,12-13H2,1-2H3,(H,30,32). The van der Waals surface area contributed by atoms with Gasteiger partial charge in [-0.2, -0.15) is 18.2 Å². The Morgan fingerprint density at radius 2 is 1.91 bits per heavy atom. The molecule has 2 fully saturated rings. The van der Waals surface area contributed by atoms with Gasteiger partial charge in [0.2, 0.25) is 5.60 Å². The zero-order chi connectivity index (χ0) is 24.7. The molecule has 1 amide bonds. The normalized spacial score (nSPS) is 25.6. The Kier molecular flexibility index (Phi) is 7.18. The molecule has 184 valence electrons. The topological polar surface area (TPSA) is 50.8 Å². The smallest absolute Gasteiger partial charge is 0.376 e. The fraction of sp³-hybridized carbons (Fsp3) is 0.458. The molecular formula is C24H25Cl2F3N2O3. The van der Waals surface area contributed by atoms with Crippen LogP contribution >= 0.6 is 23.2 Å². The van der Waals surface area contributed by atoms with E-state index in [0.29, 0.717) is 29.8 Å². The molecule has 0 saturated carbocycles. The quantitative estimate of drug-likeness (QED) is 0.531. The molecule has 0 bridgehead atoms. The summed E-state index contributed by atoms with van der Waals surface area (Å²) in [6.45, 7) is 2.88. The zero-order valence-electron chi connectivity index (χ0n) is 18.7. The third-order valence-corrected chi connectivity index (χ3v) is 6.84. The molecule has 2 aromatic rings. The molecule has 5 nitrogen and oxygen atoms in total. The van der Waals surface area contributed by atoms with E-state index in [9.17, 15) is 18.0 Å². The van der Waals surface area contributed by atoms with Gasteiger partial charge in [-0.3, -0.25) is 9.63 Å². The molecule has 2 aliphatic rings. The van der Waals surface area contributed by atoms with Gasteiger partial charge in [-0.1, -0.05) is 35.3 Å². The van der Waals surface area contributed by atoms with Crippen molar-refractivity contribution in [2.24, 2.45) is 0 Å². The van der Waals surface area contributed by atoms with Crippen molar-refractivity contribution in [3.05, 3.63) is 68.7 Å². The molecule has 2 aliphatic heterocycles. The first-order valence-electron chi connectivity index (χ1n) is 11.0. The maximum atomic E-state index is 14.4. The molecule has 2 saturated heterocycles. The number of alkyl halides is 3. The maximum Gasteiger partial charge on any atom is 0.423 e. The average Bonchev–Trinajstić information content (AvgIpc) is 3.39. The van der Waals surface area contributed by atoms with Crippen molar-refractivity contribution >= 4 is 29.1 Å². The van der Waals surface area contributed by atoms with Crippen molar-refractivity contribution in [3.63, 3.8) is 0 Å². The van der Waals surface area contributed by atoms with Crippen molar-refractivity contribution in [2.45, 2.75) is 50.1 Å². The molecule has 0 spiro atoms. The Balaban J connectivity index is 1.58. The molecule has 0 aromatic heterocycles. The summed E-state index contributed by atoms with van der Waals surface area (Å²) in [6, 6.07) is 8.14. The third-order valence-electron chi connectivity index (χ3n) is 6.40. The van der Waals surface area contributed by atoms with Gasteiger partial charge in [0.1, 0.15) is 0 Å². The van der Waals surface area contributed by atoms with Gasteiger partial charge >= 0.3 is 6.18 Å². The number of hydrogen-bond donors (Lipinski definition) is 1. The van der Waals surface area contributed by atoms with Gasteiger partial charge in [-0.15, -0.1) is 0 Å². The summed E-state index contributed by atoms with van der Waals surface area (Å²) in [5.74, 6) is -0.242. The summed E-state index contributed by atoms with van der Waals surface area (Å²) in [5.41, 5.74) is -1.03. The number of rotatable bonds is 5. The summed E-state index contributed by atoms with van der Waals surface area (Å²) in [5, 5.41) is 4.26. The highest BCUT2D eigenvalue weighted by atomic mass is 35.5. The summed E-state index contributed by atoms with van der Waals surface area (Å²) < 4.78 is 48.7. The highest BCUT2D eigenvalue weighted by molar-refractivity contribution is 6.34. The first-order chi connectivity index (χ1) is 16.0. The van der Waals surface area contributed by atoms with Gasteiger partial charge in [0.05, 0.1) is 12.1 Å². The highest BCUT2D eigenvalue weighted by Gasteiger charge is 2.63. The van der Waals surface area contributed by atoms with E-state index in [4.69, 9.17) is 32.8 Å². The molecule has 4 rings (SSSR count). The van der Waals surface area contributed by atoms with Crippen LogP contribution in [-0.4, -0.2) is 43.4 Å². The van der Waals surface area contributed by atoms with Crippen LogP contribution in [0.1, 0.15) is 52.4 Å². The highest BCUT2D eigenvalue weighted by Crippen LogP contribution is 2.54. The van der Waals surface area contributed by atoms with E-state index in [1.54, 1.807) is 25.1 Å². The second-order valence-corrected chi connectivity index (χ2v) is 9.63. The Morgan fingerprint density at radius 3 is 2.50 bits per heavy atom. The monoisotopic (exact) mass is 516 g/mol. The van der Waals surface area contributed by atoms with Crippen LogP contribution in [0, 0.1) is 6.92 Å². The predicted octanol–water partition coefficient (Wildman–Crippen LogP) is 5.98. The summed E-state index contributed by atoms with van der Waals surface area (Å²) >= 11 is 12.0. The van der Waals surface area contributed by atoms with E-state index < -0.39 is 24.2 Å². The van der Waals surface area contributed by atoms with Gasteiger partial charge in [0.25, 0.3) is 5.91 Å². The number of hydroxylamine groups is 2. The van der Waals surface area contributed by atoms with Crippen molar-refractivity contribution in [1.82, 2.24) is 10.4 Å². The second kappa shape index (κ2) is 9.66. The minimum Gasteiger partial charge on any atom is -0.376 e. The number of halogens is 5. The van der Waals surface area contributed by atoms with E-state index in [1.165, 1.54) is 30.3 Å². The number of nitrogens with zero attached hydrogens (tertiary/aromatic N) is 1. The molecule has 2 heterocycles. The molecule has 1 N–H and O–H groups in total. The van der Waals surface area contributed by atoms with Crippen LogP contribution in [0.15, 0.2) is 36.4 Å². The Morgan fingerprint density at radius 1 is 1.21 bits per heavy atom. The van der Waals surface area contributed by atoms with Gasteiger partial charge in [0, 0.05) is 42.2 Å². The first-order valence-corrected chi connectivity index (χ1v) is 11.7. The fourth-order valence-electron chi connectivity index (χ4n) is 4.62. The van der Waals surface area contributed by atoms with Crippen LogP contribution in [0.5, 0.6) is 0 Å². The SMILES string of the molecule is Cc1cc(C2CC(c3cc(Cl)cc(Cl)c3)(C(F)(F)F)ON2C)ccc1C(=O)NCC1CCCO1. The van der Waals surface area contributed by atoms with Gasteiger partial charge in [-0.25, -0.2) is 0 Å². The van der Waals surface area contributed by atoms with Gasteiger partial charge in [0.15, 0.2) is 0 Å². The Bertz CT molecular complexity index is 1060. The van der Waals surface area contributed by atoms with Crippen molar-refractivity contribution in [2.75, 3.05) is 20.2 Å². The van der Waals surface area contributed by atoms with Crippen LogP contribution < -0.4 is 5.32 Å². The van der Waals surface area contributed by atoms with Crippen LogP contribution in [0.2, 0.25) is 10.0 Å². The molecule has 10 heteroatoms. The number of benzene rings is 2. The van der Waals surface area contributed by atoms with Crippen molar-refractivity contribution in [3.8, 4) is 0 Å². The Labute approximate surface area is 206 Å². The number of aryl methyl sites for hydroxylation is 1. The van der Waals surface area contributed by atoms with E-state index >= 15 is 0 Å². The summed E-state index contributed by atoms with van der Waals surface area (Å²) in [6.07, 6.45) is -3.21. The van der Waals surface area contributed by atoms with Gasteiger partial charge < -0.3 is 10.1 Å². The van der Waals surface area contributed by atoms with Crippen molar-refractivity contribution in [1.29, 1.82) is 0 Å². The minimum absolute atomic E-state index is 0.0169. The summed E-state index contributed by atoms with van der Waals surface area (Å²) in [7, 11) is 1.46. The number of ether oxygens (including phenoxy) is 1. The number of carbonyl (C=O) groups is 1. The molecular weight excluding hydrogens is 492 g/mol. The third kappa shape index (κ3) is 4.93. The van der Waals surface area contributed by atoms with E-state index in [-0.39, 0.29) is 27.6 Å². The second-order valence-electron chi connectivity index (χ2n) is 8.76. The fourth-order valence-corrected chi connectivity index (χ4v) is 5.15. The van der Waals surface area contributed by atoms with E-state index in [2.05, 4.69) is 5.32 Å². The van der Waals surface area contributed by atoms with Crippen LogP contribution in [-0.2, 0) is 15.2 Å². The van der Waals surface area contributed by atoms with Crippen LogP contribution in [0.4, 0.5) is 13.2 Å². The lowest BCUT2D eigenvalue weighted by Gasteiger charge is -2.31. The van der Waals surface area contributed by atoms with Gasteiger partial charge in [-0.05, 0) is 60.7 Å².